The van der Waals surface area contributed by atoms with Crippen molar-refractivity contribution in [1.29, 1.82) is 0 Å². The maximum Gasteiger partial charge on any atom is 0.128 e. The first-order valence-electron chi connectivity index (χ1n) is 8.99. The number of rotatable bonds is 6. The zero-order valence-corrected chi connectivity index (χ0v) is 14.2. The number of hydrogen-bond acceptors (Lipinski definition) is 3. The highest BCUT2D eigenvalue weighted by Crippen LogP contribution is 2.29. The van der Waals surface area contributed by atoms with Gasteiger partial charge in [-0.1, -0.05) is 30.3 Å². The van der Waals surface area contributed by atoms with Crippen molar-refractivity contribution in [2.75, 3.05) is 13.2 Å². The standard InChI is InChI=1S/C21H24N2O2/c24-16(14-25-21-10-4-9-20-18(21)11-12-22-20)13-23-19-8-3-6-15-5-1-2-7-17(15)19/h1-2,4-5,7,9-12,16,19,22-24H,3,6,8,13-14H2. The Labute approximate surface area is 147 Å². The fourth-order valence-corrected chi connectivity index (χ4v) is 3.67. The van der Waals surface area contributed by atoms with Crippen LogP contribution in [0.15, 0.2) is 54.7 Å². The molecule has 3 N–H and O–H groups in total. The molecule has 4 rings (SSSR count). The van der Waals surface area contributed by atoms with Crippen LogP contribution >= 0.6 is 0 Å². The molecule has 2 aromatic carbocycles. The number of fused-ring (bicyclic) bond motifs is 2. The zero-order chi connectivity index (χ0) is 17.1. The fraction of sp³-hybridized carbons (Fsp3) is 0.333. The van der Waals surface area contributed by atoms with Gasteiger partial charge >= 0.3 is 0 Å². The van der Waals surface area contributed by atoms with Gasteiger partial charge in [-0.2, -0.15) is 0 Å². The fourth-order valence-electron chi connectivity index (χ4n) is 3.67. The monoisotopic (exact) mass is 336 g/mol. The SMILES string of the molecule is OC(CNC1CCCc2ccccc21)COc1cccc2[nH]ccc12. The van der Waals surface area contributed by atoms with Crippen LogP contribution in [-0.2, 0) is 6.42 Å². The maximum atomic E-state index is 10.3. The number of aromatic nitrogens is 1. The Hall–Kier alpha value is -2.30. The summed E-state index contributed by atoms with van der Waals surface area (Å²) in [7, 11) is 0. The smallest absolute Gasteiger partial charge is 0.128 e. The van der Waals surface area contributed by atoms with E-state index >= 15 is 0 Å². The molecular formula is C21H24N2O2. The molecule has 1 heterocycles. The van der Waals surface area contributed by atoms with Gasteiger partial charge < -0.3 is 20.1 Å². The van der Waals surface area contributed by atoms with Crippen molar-refractivity contribution in [2.24, 2.45) is 0 Å². The van der Waals surface area contributed by atoms with Gasteiger partial charge in [-0.05, 0) is 48.6 Å². The van der Waals surface area contributed by atoms with Crippen molar-refractivity contribution in [3.63, 3.8) is 0 Å². The summed E-state index contributed by atoms with van der Waals surface area (Å²) in [5, 5.41) is 14.9. The molecule has 0 bridgehead atoms. The molecule has 1 aliphatic rings. The van der Waals surface area contributed by atoms with Crippen molar-refractivity contribution in [3.8, 4) is 5.75 Å². The third-order valence-electron chi connectivity index (χ3n) is 4.96. The number of H-pyrrole nitrogens is 1. The zero-order valence-electron chi connectivity index (χ0n) is 14.2. The Bertz CT molecular complexity index is 843. The van der Waals surface area contributed by atoms with Gasteiger partial charge in [-0.25, -0.2) is 0 Å². The van der Waals surface area contributed by atoms with Crippen molar-refractivity contribution in [3.05, 3.63) is 65.9 Å². The van der Waals surface area contributed by atoms with Crippen molar-refractivity contribution in [2.45, 2.75) is 31.4 Å². The lowest BCUT2D eigenvalue weighted by atomic mass is 9.88. The molecule has 0 spiro atoms. The van der Waals surface area contributed by atoms with Gasteiger partial charge in [0.05, 0.1) is 0 Å². The number of aromatic amines is 1. The molecule has 0 amide bonds. The minimum absolute atomic E-state index is 0.283. The number of aliphatic hydroxyl groups excluding tert-OH is 1. The molecule has 0 fully saturated rings. The summed E-state index contributed by atoms with van der Waals surface area (Å²) in [6, 6.07) is 16.8. The molecule has 2 unspecified atom stereocenters. The summed E-state index contributed by atoms with van der Waals surface area (Å²) in [6.07, 6.45) is 4.82. The van der Waals surface area contributed by atoms with Gasteiger partial charge in [0, 0.05) is 29.7 Å². The molecule has 0 aliphatic heterocycles. The second-order valence-electron chi connectivity index (χ2n) is 6.71. The molecule has 1 aliphatic carbocycles. The summed E-state index contributed by atoms with van der Waals surface area (Å²) in [6.45, 7) is 0.813. The third-order valence-corrected chi connectivity index (χ3v) is 4.96. The van der Waals surface area contributed by atoms with Crippen LogP contribution in [0.4, 0.5) is 0 Å². The van der Waals surface area contributed by atoms with Crippen LogP contribution in [0.1, 0.15) is 30.0 Å². The van der Waals surface area contributed by atoms with Crippen molar-refractivity contribution in [1.82, 2.24) is 10.3 Å². The van der Waals surface area contributed by atoms with E-state index in [0.29, 0.717) is 12.6 Å². The van der Waals surface area contributed by atoms with Crippen LogP contribution in [0.2, 0.25) is 0 Å². The predicted octanol–water partition coefficient (Wildman–Crippen LogP) is 3.57. The molecule has 0 saturated carbocycles. The first-order valence-corrected chi connectivity index (χ1v) is 8.99. The minimum Gasteiger partial charge on any atom is -0.490 e. The van der Waals surface area contributed by atoms with Gasteiger partial charge in [0.25, 0.3) is 0 Å². The van der Waals surface area contributed by atoms with Crippen LogP contribution in [-0.4, -0.2) is 29.3 Å². The molecule has 2 atom stereocenters. The average Bonchev–Trinajstić information content (AvgIpc) is 3.14. The highest BCUT2D eigenvalue weighted by atomic mass is 16.5. The summed E-state index contributed by atoms with van der Waals surface area (Å²) in [5.41, 5.74) is 3.85. The van der Waals surface area contributed by atoms with Gasteiger partial charge in [0.2, 0.25) is 0 Å². The number of hydrogen-bond donors (Lipinski definition) is 3. The first kappa shape index (κ1) is 16.2. The summed E-state index contributed by atoms with van der Waals surface area (Å²) < 4.78 is 5.84. The second kappa shape index (κ2) is 7.30. The van der Waals surface area contributed by atoms with Gasteiger partial charge in [0.15, 0.2) is 0 Å². The van der Waals surface area contributed by atoms with Gasteiger partial charge in [0.1, 0.15) is 18.5 Å². The molecule has 1 aromatic heterocycles. The number of benzene rings is 2. The van der Waals surface area contributed by atoms with E-state index in [4.69, 9.17) is 4.74 Å². The minimum atomic E-state index is -0.539. The van der Waals surface area contributed by atoms with Crippen LogP contribution < -0.4 is 10.1 Å². The van der Waals surface area contributed by atoms with E-state index in [1.165, 1.54) is 17.5 Å². The average molecular weight is 336 g/mol. The highest BCUT2D eigenvalue weighted by Gasteiger charge is 2.20. The van der Waals surface area contributed by atoms with Crippen molar-refractivity contribution < 1.29 is 9.84 Å². The Morgan fingerprint density at radius 2 is 2.08 bits per heavy atom. The largest absolute Gasteiger partial charge is 0.490 e. The number of nitrogens with one attached hydrogen (secondary N) is 2. The number of aryl methyl sites for hydroxylation is 1. The molecule has 130 valence electrons. The van der Waals surface area contributed by atoms with E-state index in [-0.39, 0.29) is 6.61 Å². The predicted molar refractivity (Wildman–Crippen MR) is 99.9 cm³/mol. The van der Waals surface area contributed by atoms with E-state index in [0.717, 1.165) is 29.5 Å². The lowest BCUT2D eigenvalue weighted by Crippen LogP contribution is -2.35. The Morgan fingerprint density at radius 3 is 3.04 bits per heavy atom. The van der Waals surface area contributed by atoms with E-state index in [2.05, 4.69) is 34.6 Å². The number of aliphatic hydroxyl groups is 1. The molecule has 0 saturated heterocycles. The Kier molecular flexibility index (Phi) is 4.72. The van der Waals surface area contributed by atoms with Gasteiger partial charge in [-0.15, -0.1) is 0 Å². The molecular weight excluding hydrogens is 312 g/mol. The molecule has 0 radical (unpaired) electrons. The van der Waals surface area contributed by atoms with Crippen LogP contribution in [0.5, 0.6) is 5.75 Å². The van der Waals surface area contributed by atoms with Crippen LogP contribution in [0, 0.1) is 0 Å². The molecule has 25 heavy (non-hydrogen) atoms. The Balaban J connectivity index is 1.33. The second-order valence-corrected chi connectivity index (χ2v) is 6.71. The summed E-state index contributed by atoms with van der Waals surface area (Å²) in [5.74, 6) is 0.806. The van der Waals surface area contributed by atoms with E-state index in [9.17, 15) is 5.11 Å². The first-order chi connectivity index (χ1) is 12.3. The summed E-state index contributed by atoms with van der Waals surface area (Å²) >= 11 is 0. The summed E-state index contributed by atoms with van der Waals surface area (Å²) in [4.78, 5) is 3.17. The Morgan fingerprint density at radius 1 is 1.16 bits per heavy atom. The number of ether oxygens (including phenoxy) is 1. The quantitative estimate of drug-likeness (QED) is 0.645. The van der Waals surface area contributed by atoms with E-state index in [1.807, 2.05) is 30.5 Å². The van der Waals surface area contributed by atoms with E-state index in [1.54, 1.807) is 0 Å². The normalized spacial score (nSPS) is 18.0. The lowest BCUT2D eigenvalue weighted by molar-refractivity contribution is 0.103. The molecule has 4 heteroatoms. The van der Waals surface area contributed by atoms with Crippen LogP contribution in [0.25, 0.3) is 10.9 Å². The topological polar surface area (TPSA) is 57.3 Å². The van der Waals surface area contributed by atoms with E-state index < -0.39 is 6.10 Å². The lowest BCUT2D eigenvalue weighted by Gasteiger charge is -2.27. The molecule has 3 aromatic rings. The highest BCUT2D eigenvalue weighted by molar-refractivity contribution is 5.85. The van der Waals surface area contributed by atoms with Gasteiger partial charge in [-0.3, -0.25) is 0 Å². The van der Waals surface area contributed by atoms with Crippen molar-refractivity contribution >= 4 is 10.9 Å². The maximum absolute atomic E-state index is 10.3. The van der Waals surface area contributed by atoms with Crippen LogP contribution in [0.3, 0.4) is 0 Å². The third kappa shape index (κ3) is 3.55. The molecule has 4 nitrogen and oxygen atoms in total.